The molecule has 3 rings (SSSR count). The summed E-state index contributed by atoms with van der Waals surface area (Å²) in [4.78, 5) is 16.5. The predicted octanol–water partition coefficient (Wildman–Crippen LogP) is 1.43. The Kier molecular flexibility index (Phi) is 5.48. The lowest BCUT2D eigenvalue weighted by atomic mass is 10.0. The Labute approximate surface area is 142 Å². The molecule has 1 aromatic rings. The van der Waals surface area contributed by atoms with Gasteiger partial charge in [0, 0.05) is 13.1 Å². The minimum atomic E-state index is -0.323. The summed E-state index contributed by atoms with van der Waals surface area (Å²) in [6.07, 6.45) is 0.412. The van der Waals surface area contributed by atoms with Gasteiger partial charge in [0.25, 0.3) is 0 Å². The molecule has 0 aliphatic carbocycles. The van der Waals surface area contributed by atoms with Crippen molar-refractivity contribution in [2.75, 3.05) is 39.3 Å². The molecule has 2 aliphatic rings. The van der Waals surface area contributed by atoms with Gasteiger partial charge in [-0.15, -0.1) is 0 Å². The van der Waals surface area contributed by atoms with Crippen molar-refractivity contribution in [2.24, 2.45) is 5.92 Å². The van der Waals surface area contributed by atoms with Crippen molar-refractivity contribution in [3.63, 3.8) is 0 Å². The third kappa shape index (κ3) is 4.12. The number of aliphatic hydroxyl groups excluding tert-OH is 1. The maximum atomic E-state index is 13.0. The molecule has 1 N–H and O–H groups in total. The molecule has 6 heteroatoms. The lowest BCUT2D eigenvalue weighted by Gasteiger charge is -2.34. The first kappa shape index (κ1) is 17.3. The van der Waals surface area contributed by atoms with Crippen molar-refractivity contribution in [1.82, 2.24) is 9.80 Å². The molecule has 0 aromatic heterocycles. The summed E-state index contributed by atoms with van der Waals surface area (Å²) in [5, 5.41) is 9.67. The summed E-state index contributed by atoms with van der Waals surface area (Å²) >= 11 is 0. The Morgan fingerprint density at radius 1 is 1.33 bits per heavy atom. The number of halogens is 1. The maximum absolute atomic E-state index is 13.0. The largest absolute Gasteiger partial charge is 0.393 e. The van der Waals surface area contributed by atoms with Gasteiger partial charge in [-0.25, -0.2) is 4.39 Å². The van der Waals surface area contributed by atoms with E-state index in [1.807, 2.05) is 11.8 Å². The van der Waals surface area contributed by atoms with E-state index in [0.717, 1.165) is 25.1 Å². The molecule has 2 fully saturated rings. The van der Waals surface area contributed by atoms with Crippen LogP contribution in [0.1, 0.15) is 25.0 Å². The van der Waals surface area contributed by atoms with Crippen LogP contribution >= 0.6 is 0 Å². The molecule has 0 bridgehead atoms. The van der Waals surface area contributed by atoms with Gasteiger partial charge in [-0.3, -0.25) is 9.69 Å². The van der Waals surface area contributed by atoms with Crippen LogP contribution in [0.5, 0.6) is 0 Å². The Hall–Kier alpha value is -1.50. The van der Waals surface area contributed by atoms with Gasteiger partial charge in [-0.1, -0.05) is 12.1 Å². The van der Waals surface area contributed by atoms with E-state index in [-0.39, 0.29) is 29.9 Å². The lowest BCUT2D eigenvalue weighted by Crippen LogP contribution is -2.46. The summed E-state index contributed by atoms with van der Waals surface area (Å²) in [7, 11) is 0. The van der Waals surface area contributed by atoms with Crippen LogP contribution in [0, 0.1) is 11.7 Å². The summed E-state index contributed by atoms with van der Waals surface area (Å²) in [6, 6.07) is 6.25. The Bertz CT molecular complexity index is 564. The smallest absolute Gasteiger partial charge is 0.236 e. The first-order chi connectivity index (χ1) is 11.5. The minimum Gasteiger partial charge on any atom is -0.393 e. The summed E-state index contributed by atoms with van der Waals surface area (Å²) in [5.74, 6) is 0.0790. The van der Waals surface area contributed by atoms with Crippen molar-refractivity contribution < 1.29 is 19.0 Å². The van der Waals surface area contributed by atoms with Gasteiger partial charge in [0.1, 0.15) is 11.9 Å². The fourth-order valence-corrected chi connectivity index (χ4v) is 3.45. The predicted molar refractivity (Wildman–Crippen MR) is 87.9 cm³/mol. The molecular formula is C18H25FN2O3. The van der Waals surface area contributed by atoms with E-state index in [4.69, 9.17) is 4.74 Å². The Morgan fingerprint density at radius 3 is 2.75 bits per heavy atom. The number of rotatable bonds is 4. The van der Waals surface area contributed by atoms with Crippen LogP contribution in [-0.4, -0.2) is 66.2 Å². The third-order valence-electron chi connectivity index (χ3n) is 5.01. The number of nitrogens with zero attached hydrogens (tertiary/aromatic N) is 2. The molecular weight excluding hydrogens is 311 g/mol. The van der Waals surface area contributed by atoms with Crippen LogP contribution in [0.15, 0.2) is 24.3 Å². The molecule has 5 nitrogen and oxygen atoms in total. The number of benzene rings is 1. The highest BCUT2D eigenvalue weighted by Gasteiger charge is 2.30. The van der Waals surface area contributed by atoms with Crippen molar-refractivity contribution in [2.45, 2.75) is 25.6 Å². The van der Waals surface area contributed by atoms with Crippen molar-refractivity contribution in [3.8, 4) is 0 Å². The molecule has 3 atom stereocenters. The van der Waals surface area contributed by atoms with Gasteiger partial charge >= 0.3 is 0 Å². The maximum Gasteiger partial charge on any atom is 0.236 e. The number of amides is 1. The Balaban J connectivity index is 1.54. The molecule has 2 aliphatic heterocycles. The normalized spacial score (nSPS) is 26.5. The van der Waals surface area contributed by atoms with Crippen LogP contribution in [0.2, 0.25) is 0 Å². The van der Waals surface area contributed by atoms with E-state index in [0.29, 0.717) is 26.2 Å². The standard InChI is InChI=1S/C18H25FN2O3/c1-13(22)15-6-7-20(10-15)12-18(23)21-8-9-24-17(11-21)14-2-4-16(19)5-3-14/h2-5,13,15,17,22H,6-12H2,1H3. The number of carbonyl (C=O) groups is 1. The van der Waals surface area contributed by atoms with Crippen molar-refractivity contribution in [1.29, 1.82) is 0 Å². The third-order valence-corrected chi connectivity index (χ3v) is 5.01. The van der Waals surface area contributed by atoms with Crippen molar-refractivity contribution >= 4 is 5.91 Å². The Morgan fingerprint density at radius 2 is 2.08 bits per heavy atom. The van der Waals surface area contributed by atoms with E-state index in [1.54, 1.807) is 12.1 Å². The molecule has 0 radical (unpaired) electrons. The zero-order chi connectivity index (χ0) is 17.1. The number of hydrogen-bond acceptors (Lipinski definition) is 4. The SMILES string of the molecule is CC(O)C1CCN(CC(=O)N2CCOC(c3ccc(F)cc3)C2)C1. The second-order valence-corrected chi connectivity index (χ2v) is 6.78. The molecule has 1 aromatic carbocycles. The first-order valence-electron chi connectivity index (χ1n) is 8.58. The molecule has 2 saturated heterocycles. The van der Waals surface area contributed by atoms with Gasteiger partial charge in [-0.05, 0) is 43.5 Å². The summed E-state index contributed by atoms with van der Waals surface area (Å²) in [6.45, 7) is 5.40. The number of carbonyl (C=O) groups excluding carboxylic acids is 1. The highest BCUT2D eigenvalue weighted by Crippen LogP contribution is 2.23. The van der Waals surface area contributed by atoms with Crippen LogP contribution in [0.25, 0.3) is 0 Å². The molecule has 3 unspecified atom stereocenters. The highest BCUT2D eigenvalue weighted by molar-refractivity contribution is 5.78. The lowest BCUT2D eigenvalue weighted by molar-refractivity contribution is -0.140. The van der Waals surface area contributed by atoms with Gasteiger partial charge in [0.05, 0.1) is 25.8 Å². The van der Waals surface area contributed by atoms with E-state index in [9.17, 15) is 14.3 Å². The molecule has 0 spiro atoms. The number of morpholine rings is 1. The fraction of sp³-hybridized carbons (Fsp3) is 0.611. The average Bonchev–Trinajstić information content (AvgIpc) is 3.04. The average molecular weight is 336 g/mol. The fourth-order valence-electron chi connectivity index (χ4n) is 3.45. The quantitative estimate of drug-likeness (QED) is 0.904. The summed E-state index contributed by atoms with van der Waals surface area (Å²) in [5.41, 5.74) is 0.893. The number of hydrogen-bond donors (Lipinski definition) is 1. The van der Waals surface area contributed by atoms with Crippen molar-refractivity contribution in [3.05, 3.63) is 35.6 Å². The minimum absolute atomic E-state index is 0.0941. The van der Waals surface area contributed by atoms with Gasteiger partial charge in [-0.2, -0.15) is 0 Å². The zero-order valence-corrected chi connectivity index (χ0v) is 14.0. The van der Waals surface area contributed by atoms with E-state index in [1.165, 1.54) is 12.1 Å². The monoisotopic (exact) mass is 336 g/mol. The van der Waals surface area contributed by atoms with Gasteiger partial charge in [0.2, 0.25) is 5.91 Å². The molecule has 0 saturated carbocycles. The van der Waals surface area contributed by atoms with Crippen LogP contribution in [0.4, 0.5) is 4.39 Å². The zero-order valence-electron chi connectivity index (χ0n) is 14.0. The number of likely N-dealkylation sites (tertiary alicyclic amines) is 1. The van der Waals surface area contributed by atoms with Gasteiger partial charge in [0.15, 0.2) is 0 Å². The van der Waals surface area contributed by atoms with Crippen LogP contribution in [0.3, 0.4) is 0 Å². The van der Waals surface area contributed by atoms with Crippen LogP contribution < -0.4 is 0 Å². The number of aliphatic hydroxyl groups is 1. The van der Waals surface area contributed by atoms with E-state index in [2.05, 4.69) is 4.90 Å². The van der Waals surface area contributed by atoms with E-state index < -0.39 is 0 Å². The first-order valence-corrected chi connectivity index (χ1v) is 8.58. The number of ether oxygens (including phenoxy) is 1. The molecule has 132 valence electrons. The topological polar surface area (TPSA) is 53.0 Å². The van der Waals surface area contributed by atoms with E-state index >= 15 is 0 Å². The second-order valence-electron chi connectivity index (χ2n) is 6.78. The van der Waals surface area contributed by atoms with Gasteiger partial charge < -0.3 is 14.7 Å². The molecule has 2 heterocycles. The summed E-state index contributed by atoms with van der Waals surface area (Å²) < 4.78 is 18.8. The molecule has 24 heavy (non-hydrogen) atoms. The molecule has 1 amide bonds. The second kappa shape index (κ2) is 7.59. The highest BCUT2D eigenvalue weighted by atomic mass is 19.1. The van der Waals surface area contributed by atoms with Crippen LogP contribution in [-0.2, 0) is 9.53 Å².